The van der Waals surface area contributed by atoms with Crippen molar-refractivity contribution in [1.82, 2.24) is 10.6 Å². The number of carbonyl (C=O) groups excluding carboxylic acids is 3. The lowest BCUT2D eigenvalue weighted by Gasteiger charge is -2.33. The van der Waals surface area contributed by atoms with E-state index in [2.05, 4.69) is 76.5 Å². The molecule has 2 amide bonds. The SMILES string of the molecule is CC1=C(/C=C/C(C)=C/C=C/C(C)=C\C(=O)N[C@@H](CCS(=O)(=O)O)C(=O)O)C(C)(C)CCC1.CCOC(=O)[C@H](CCS(=O)(=O)O)NC(=O)\C=C(C)/C=C/C=C(C)/C=C/C1=C(C)CCCC1(C)C. The Labute approximate surface area is 394 Å². The molecule has 0 saturated carbocycles. The lowest BCUT2D eigenvalue weighted by Crippen LogP contribution is -2.42. The van der Waals surface area contributed by atoms with E-state index in [9.17, 15) is 36.0 Å². The normalized spacial score (nSPS) is 18.7. The van der Waals surface area contributed by atoms with Crippen molar-refractivity contribution < 1.29 is 55.0 Å². The van der Waals surface area contributed by atoms with Gasteiger partial charge in [0.05, 0.1) is 18.1 Å². The molecule has 2 atom stereocenters. The average molecular weight is 959 g/mol. The van der Waals surface area contributed by atoms with Crippen LogP contribution in [0.1, 0.15) is 128 Å². The fourth-order valence-corrected chi connectivity index (χ4v) is 8.55. The first-order chi connectivity index (χ1) is 30.5. The Morgan fingerprint density at radius 1 is 0.652 bits per heavy atom. The van der Waals surface area contributed by atoms with Gasteiger partial charge in [-0.3, -0.25) is 18.7 Å². The Bertz CT molecular complexity index is 2280. The van der Waals surface area contributed by atoms with Gasteiger partial charge in [0.15, 0.2) is 0 Å². The summed E-state index contributed by atoms with van der Waals surface area (Å²) >= 11 is 0. The van der Waals surface area contributed by atoms with Crippen LogP contribution < -0.4 is 10.6 Å². The molecule has 0 fully saturated rings. The molecule has 16 heteroatoms. The van der Waals surface area contributed by atoms with Crippen LogP contribution in [0.2, 0.25) is 0 Å². The molecule has 2 rings (SSSR count). The molecule has 0 aliphatic heterocycles. The van der Waals surface area contributed by atoms with Gasteiger partial charge in [0.1, 0.15) is 12.1 Å². The lowest BCUT2D eigenvalue weighted by molar-refractivity contribution is -0.147. The number of ether oxygens (including phenoxy) is 1. The maximum Gasteiger partial charge on any atom is 0.328 e. The number of carboxylic acids is 1. The molecule has 0 radical (unpaired) electrons. The summed E-state index contributed by atoms with van der Waals surface area (Å²) in [5.41, 5.74) is 9.39. The van der Waals surface area contributed by atoms with Crippen molar-refractivity contribution in [1.29, 1.82) is 0 Å². The van der Waals surface area contributed by atoms with E-state index in [0.717, 1.165) is 24.0 Å². The third kappa shape index (κ3) is 24.6. The number of rotatable bonds is 21. The summed E-state index contributed by atoms with van der Waals surface area (Å²) in [6, 6.07) is -2.58. The molecular formula is C50H74N2O12S2. The van der Waals surface area contributed by atoms with E-state index in [4.69, 9.17) is 18.9 Å². The van der Waals surface area contributed by atoms with Gasteiger partial charge in [-0.1, -0.05) is 111 Å². The van der Waals surface area contributed by atoms with Crippen molar-refractivity contribution in [2.75, 3.05) is 18.1 Å². The largest absolute Gasteiger partial charge is 0.480 e. The number of carboxylic acid groups (broad SMARTS) is 1. The number of esters is 1. The third-order valence-electron chi connectivity index (χ3n) is 11.1. The van der Waals surface area contributed by atoms with Crippen LogP contribution in [0, 0.1) is 10.8 Å². The first-order valence-electron chi connectivity index (χ1n) is 22.2. The standard InChI is InChI=1S/C26H39NO6S.C24H35NO6S/c1-7-33-25(29)23(15-17-34(30,31)32)27-24(28)18-20(3)11-8-10-19(2)13-14-22-21(4)12-9-16-26(22,5)6;1-17(11-12-20-19(3)10-7-14-24(20,4)5)8-6-9-18(2)16-22(26)25-21(23(27)28)13-15-32(29,30)31/h8,10-11,13-14,18,23H,7,9,12,15-17H2,1-6H3,(H,27,28)(H,30,31,32);6,8-9,11-12,16,21H,7,10,13-15H2,1-5H3,(H,25,26)(H,27,28)(H,29,30,31)/b11-8+,14-13+,19-10+,20-18-;9-6+,12-11+,17-8+,18-16-/t23-;21-/m00/s1. The van der Waals surface area contributed by atoms with Gasteiger partial charge in [0.25, 0.3) is 20.2 Å². The quantitative estimate of drug-likeness (QED) is 0.0314. The Balaban J connectivity index is 0.000000661. The average Bonchev–Trinajstić information content (AvgIpc) is 3.16. The highest BCUT2D eigenvalue weighted by Crippen LogP contribution is 2.41. The van der Waals surface area contributed by atoms with Crippen molar-refractivity contribution in [3.63, 3.8) is 0 Å². The lowest BCUT2D eigenvalue weighted by atomic mass is 9.72. The molecule has 5 N–H and O–H groups in total. The molecule has 0 spiro atoms. The molecule has 2 aliphatic carbocycles. The van der Waals surface area contributed by atoms with Gasteiger partial charge >= 0.3 is 11.9 Å². The number of nitrogens with one attached hydrogen (secondary N) is 2. The van der Waals surface area contributed by atoms with Crippen molar-refractivity contribution in [3.05, 3.63) is 117 Å². The van der Waals surface area contributed by atoms with E-state index < -0.39 is 74.0 Å². The van der Waals surface area contributed by atoms with Crippen LogP contribution in [0.3, 0.4) is 0 Å². The molecule has 14 nitrogen and oxygen atoms in total. The molecule has 0 aromatic rings. The number of hydrogen-bond donors (Lipinski definition) is 5. The molecule has 0 aromatic carbocycles. The molecule has 0 saturated heterocycles. The zero-order valence-corrected chi connectivity index (χ0v) is 42.3. The van der Waals surface area contributed by atoms with Gasteiger partial charge in [0, 0.05) is 12.2 Å². The van der Waals surface area contributed by atoms with Crippen LogP contribution in [-0.2, 0) is 44.2 Å². The maximum atomic E-state index is 12.3. The molecule has 2 aliphatic rings. The van der Waals surface area contributed by atoms with Gasteiger partial charge in [-0.05, 0) is 133 Å². The fraction of sp³-hybridized carbons (Fsp3) is 0.520. The van der Waals surface area contributed by atoms with Crippen LogP contribution in [-0.4, -0.2) is 85.0 Å². The van der Waals surface area contributed by atoms with Crippen molar-refractivity contribution in [2.24, 2.45) is 10.8 Å². The maximum absolute atomic E-state index is 12.3. The zero-order valence-electron chi connectivity index (χ0n) is 40.7. The van der Waals surface area contributed by atoms with E-state index in [0.29, 0.717) is 11.1 Å². The molecule has 0 bridgehead atoms. The number of carbonyl (C=O) groups is 4. The van der Waals surface area contributed by atoms with Gasteiger partial charge < -0.3 is 20.5 Å². The van der Waals surface area contributed by atoms with Crippen LogP contribution in [0.5, 0.6) is 0 Å². The highest BCUT2D eigenvalue weighted by atomic mass is 32.2. The van der Waals surface area contributed by atoms with Crippen LogP contribution in [0.25, 0.3) is 0 Å². The van der Waals surface area contributed by atoms with Crippen molar-refractivity contribution >= 4 is 44.0 Å². The fourth-order valence-electron chi connectivity index (χ4n) is 7.48. The van der Waals surface area contributed by atoms with E-state index in [1.54, 1.807) is 39.0 Å². The minimum absolute atomic E-state index is 0.0865. The summed E-state index contributed by atoms with van der Waals surface area (Å²) in [6.07, 6.45) is 28.5. The second kappa shape index (κ2) is 27.7. The van der Waals surface area contributed by atoms with Gasteiger partial charge in [-0.15, -0.1) is 0 Å². The molecule has 368 valence electrons. The van der Waals surface area contributed by atoms with Gasteiger partial charge in [-0.2, -0.15) is 16.8 Å². The van der Waals surface area contributed by atoms with Crippen LogP contribution in [0.4, 0.5) is 0 Å². The second-order valence-corrected chi connectivity index (χ2v) is 21.4. The van der Waals surface area contributed by atoms with Gasteiger partial charge in [-0.25, -0.2) is 9.59 Å². The number of hydrogen-bond acceptors (Lipinski definition) is 9. The van der Waals surface area contributed by atoms with Crippen LogP contribution in [0.15, 0.2) is 117 Å². The molecule has 66 heavy (non-hydrogen) atoms. The van der Waals surface area contributed by atoms with Crippen LogP contribution >= 0.6 is 0 Å². The summed E-state index contributed by atoms with van der Waals surface area (Å²) in [4.78, 5) is 47.5. The number of allylic oxidation sites excluding steroid dienone is 18. The monoisotopic (exact) mass is 958 g/mol. The number of amides is 2. The Hall–Kier alpha value is -4.90. The van der Waals surface area contributed by atoms with Crippen molar-refractivity contribution in [2.45, 2.75) is 140 Å². The Morgan fingerprint density at radius 2 is 1.03 bits per heavy atom. The minimum Gasteiger partial charge on any atom is -0.480 e. The van der Waals surface area contributed by atoms with Crippen molar-refractivity contribution in [3.8, 4) is 0 Å². The number of aliphatic carboxylic acids is 1. The Morgan fingerprint density at radius 3 is 1.38 bits per heavy atom. The zero-order chi connectivity index (χ0) is 50.5. The highest BCUT2D eigenvalue weighted by Gasteiger charge is 2.28. The minimum atomic E-state index is -4.31. The molecule has 0 unspecified atom stereocenters. The first kappa shape index (κ1) is 59.1. The third-order valence-corrected chi connectivity index (χ3v) is 12.6. The predicted octanol–water partition coefficient (Wildman–Crippen LogP) is 9.21. The second-order valence-electron chi connectivity index (χ2n) is 18.2. The summed E-state index contributed by atoms with van der Waals surface area (Å²) in [5.74, 6) is -4.75. The predicted molar refractivity (Wildman–Crippen MR) is 262 cm³/mol. The smallest absolute Gasteiger partial charge is 0.328 e. The summed E-state index contributed by atoms with van der Waals surface area (Å²) in [7, 11) is -8.58. The molecule has 0 aromatic heterocycles. The van der Waals surface area contributed by atoms with E-state index >= 15 is 0 Å². The van der Waals surface area contributed by atoms with E-state index in [-0.39, 0.29) is 23.9 Å². The highest BCUT2D eigenvalue weighted by molar-refractivity contribution is 7.86. The summed E-state index contributed by atoms with van der Waals surface area (Å²) in [5, 5.41) is 13.8. The summed E-state index contributed by atoms with van der Waals surface area (Å²) < 4.78 is 66.1. The topological polar surface area (TPSA) is 231 Å². The Kier molecular flexibility index (Phi) is 24.8. The van der Waals surface area contributed by atoms with Gasteiger partial charge in [0.2, 0.25) is 11.8 Å². The molecular weight excluding hydrogens is 885 g/mol. The first-order valence-corrected chi connectivity index (χ1v) is 25.4. The molecule has 0 heterocycles. The van der Waals surface area contributed by atoms with E-state index in [1.165, 1.54) is 60.1 Å². The van der Waals surface area contributed by atoms with E-state index in [1.807, 2.05) is 32.1 Å². The summed E-state index contributed by atoms with van der Waals surface area (Å²) in [6.45, 7) is 22.6.